The predicted molar refractivity (Wildman–Crippen MR) is 61.6 cm³/mol. The van der Waals surface area contributed by atoms with Crippen LogP contribution in [-0.2, 0) is 0 Å². The highest BCUT2D eigenvalue weighted by molar-refractivity contribution is 7.98. The third-order valence-corrected chi connectivity index (χ3v) is 2.24. The molecular formula is C9H12N4S. The van der Waals surface area contributed by atoms with E-state index in [1.165, 1.54) is 4.90 Å². The third kappa shape index (κ3) is 3.49. The average Bonchev–Trinajstić information content (AvgIpc) is 2.18. The zero-order chi connectivity index (χ0) is 10.4. The van der Waals surface area contributed by atoms with E-state index in [9.17, 15) is 0 Å². The summed E-state index contributed by atoms with van der Waals surface area (Å²) in [6.45, 7) is 0. The van der Waals surface area contributed by atoms with Gasteiger partial charge in [-0.05, 0) is 24.0 Å². The molecule has 0 aliphatic heterocycles. The molecule has 1 aromatic carbocycles. The Kier molecular flexibility index (Phi) is 4.00. The molecule has 0 spiro atoms. The number of guanidine groups is 1. The van der Waals surface area contributed by atoms with Crippen LogP contribution in [0.3, 0.4) is 0 Å². The van der Waals surface area contributed by atoms with Crippen LogP contribution in [0.25, 0.3) is 0 Å². The molecule has 0 aliphatic carbocycles. The summed E-state index contributed by atoms with van der Waals surface area (Å²) < 4.78 is 0. The average molecular weight is 208 g/mol. The lowest BCUT2D eigenvalue weighted by atomic mass is 10.2. The molecule has 4 N–H and O–H groups in total. The minimum atomic E-state index is -0.0398. The maximum atomic E-state index is 5.11. The van der Waals surface area contributed by atoms with Gasteiger partial charge in [0.25, 0.3) is 0 Å². The molecule has 0 heterocycles. The molecule has 0 saturated carbocycles. The molecule has 0 aromatic heterocycles. The van der Waals surface area contributed by atoms with Gasteiger partial charge in [0.1, 0.15) is 0 Å². The molecule has 0 atom stereocenters. The van der Waals surface area contributed by atoms with Crippen molar-refractivity contribution < 1.29 is 0 Å². The van der Waals surface area contributed by atoms with E-state index in [0.717, 1.165) is 5.56 Å². The van der Waals surface area contributed by atoms with Crippen LogP contribution < -0.4 is 11.5 Å². The number of benzene rings is 1. The molecule has 0 bridgehead atoms. The van der Waals surface area contributed by atoms with Crippen LogP contribution in [0.2, 0.25) is 0 Å². The lowest BCUT2D eigenvalue weighted by molar-refractivity contribution is 1.21. The van der Waals surface area contributed by atoms with Crippen molar-refractivity contribution in [3.63, 3.8) is 0 Å². The van der Waals surface area contributed by atoms with Gasteiger partial charge in [0.05, 0.1) is 6.21 Å². The molecule has 1 rings (SSSR count). The molecule has 0 radical (unpaired) electrons. The molecule has 1 aromatic rings. The van der Waals surface area contributed by atoms with Crippen molar-refractivity contribution in [2.24, 2.45) is 21.7 Å². The van der Waals surface area contributed by atoms with Gasteiger partial charge in [-0.1, -0.05) is 12.1 Å². The summed E-state index contributed by atoms with van der Waals surface area (Å²) in [4.78, 5) is 1.21. The van der Waals surface area contributed by atoms with Crippen molar-refractivity contribution in [3.05, 3.63) is 29.8 Å². The molecular weight excluding hydrogens is 196 g/mol. The molecule has 4 nitrogen and oxygen atoms in total. The van der Waals surface area contributed by atoms with Gasteiger partial charge in [0, 0.05) is 4.90 Å². The largest absolute Gasteiger partial charge is 0.369 e. The number of hydrogen-bond acceptors (Lipinski definition) is 3. The van der Waals surface area contributed by atoms with Crippen LogP contribution in [0.15, 0.2) is 39.4 Å². The highest BCUT2D eigenvalue weighted by atomic mass is 32.2. The normalized spacial score (nSPS) is 10.4. The maximum Gasteiger partial charge on any atom is 0.211 e. The fourth-order valence-corrected chi connectivity index (χ4v) is 1.26. The molecule has 0 fully saturated rings. The first-order valence-corrected chi connectivity index (χ1v) is 5.21. The topological polar surface area (TPSA) is 76.8 Å². The Bertz CT molecular complexity index is 338. The Morgan fingerprint density at radius 2 is 1.93 bits per heavy atom. The summed E-state index contributed by atoms with van der Waals surface area (Å²) in [5, 5.41) is 7.20. The van der Waals surface area contributed by atoms with E-state index in [1.807, 2.05) is 30.5 Å². The van der Waals surface area contributed by atoms with E-state index < -0.39 is 0 Å². The Labute approximate surface area is 87.1 Å². The van der Waals surface area contributed by atoms with E-state index in [2.05, 4.69) is 10.2 Å². The molecule has 5 heteroatoms. The van der Waals surface area contributed by atoms with E-state index >= 15 is 0 Å². The Hall–Kier alpha value is -1.49. The van der Waals surface area contributed by atoms with Gasteiger partial charge in [-0.3, -0.25) is 0 Å². The number of hydrogen-bond donors (Lipinski definition) is 2. The molecule has 0 unspecified atom stereocenters. The van der Waals surface area contributed by atoms with Gasteiger partial charge in [0.2, 0.25) is 5.96 Å². The lowest BCUT2D eigenvalue weighted by Crippen LogP contribution is -2.21. The highest BCUT2D eigenvalue weighted by Crippen LogP contribution is 2.13. The first kappa shape index (κ1) is 10.6. The van der Waals surface area contributed by atoms with Gasteiger partial charge in [0.15, 0.2) is 0 Å². The van der Waals surface area contributed by atoms with Crippen LogP contribution >= 0.6 is 11.8 Å². The van der Waals surface area contributed by atoms with E-state index in [1.54, 1.807) is 18.0 Å². The summed E-state index contributed by atoms with van der Waals surface area (Å²) in [7, 11) is 0. The van der Waals surface area contributed by atoms with Crippen molar-refractivity contribution in [1.29, 1.82) is 0 Å². The molecule has 0 saturated heterocycles. The van der Waals surface area contributed by atoms with Gasteiger partial charge in [-0.2, -0.15) is 5.10 Å². The maximum absolute atomic E-state index is 5.11. The first-order valence-electron chi connectivity index (χ1n) is 3.98. The second kappa shape index (κ2) is 5.29. The Morgan fingerprint density at radius 3 is 2.43 bits per heavy atom. The van der Waals surface area contributed by atoms with Gasteiger partial charge < -0.3 is 11.5 Å². The van der Waals surface area contributed by atoms with E-state index in [4.69, 9.17) is 11.5 Å². The quantitative estimate of drug-likeness (QED) is 0.337. The van der Waals surface area contributed by atoms with Crippen LogP contribution in [0, 0.1) is 0 Å². The lowest BCUT2D eigenvalue weighted by Gasteiger charge is -1.95. The second-order valence-corrected chi connectivity index (χ2v) is 3.42. The fraction of sp³-hybridized carbons (Fsp3) is 0.111. The van der Waals surface area contributed by atoms with Crippen LogP contribution in [-0.4, -0.2) is 18.4 Å². The SMILES string of the molecule is CSc1ccc(C=NN=C(N)N)cc1. The standard InChI is InChI=1S/C9H12N4S/c1-14-8-4-2-7(3-5-8)6-12-13-9(10)11/h2-6H,1H3,(H4,10,11,13). The van der Waals surface area contributed by atoms with Crippen molar-refractivity contribution in [1.82, 2.24) is 0 Å². The summed E-state index contributed by atoms with van der Waals surface area (Å²) >= 11 is 1.69. The van der Waals surface area contributed by atoms with Gasteiger partial charge in [-0.15, -0.1) is 16.9 Å². The smallest absolute Gasteiger partial charge is 0.211 e. The second-order valence-electron chi connectivity index (χ2n) is 2.54. The summed E-state index contributed by atoms with van der Waals surface area (Å²) in [5.74, 6) is -0.0398. The Balaban J connectivity index is 2.69. The van der Waals surface area contributed by atoms with Crippen molar-refractivity contribution in [3.8, 4) is 0 Å². The molecule has 0 aliphatic rings. The monoisotopic (exact) mass is 208 g/mol. The van der Waals surface area contributed by atoms with Crippen LogP contribution in [0.1, 0.15) is 5.56 Å². The minimum Gasteiger partial charge on any atom is -0.369 e. The summed E-state index contributed by atoms with van der Waals surface area (Å²) in [6.07, 6.45) is 3.63. The number of thioether (sulfide) groups is 1. The van der Waals surface area contributed by atoms with Gasteiger partial charge >= 0.3 is 0 Å². The predicted octanol–water partition coefficient (Wildman–Crippen LogP) is 1.02. The number of nitrogens with zero attached hydrogens (tertiary/aromatic N) is 2. The summed E-state index contributed by atoms with van der Waals surface area (Å²) in [5.41, 5.74) is 11.2. The molecule has 14 heavy (non-hydrogen) atoms. The molecule has 0 amide bonds. The first-order chi connectivity index (χ1) is 6.72. The zero-order valence-electron chi connectivity index (χ0n) is 7.84. The van der Waals surface area contributed by atoms with Gasteiger partial charge in [-0.25, -0.2) is 0 Å². The highest BCUT2D eigenvalue weighted by Gasteiger charge is 1.89. The third-order valence-electron chi connectivity index (χ3n) is 1.50. The zero-order valence-corrected chi connectivity index (χ0v) is 8.66. The summed E-state index contributed by atoms with van der Waals surface area (Å²) in [6, 6.07) is 7.94. The Morgan fingerprint density at radius 1 is 1.29 bits per heavy atom. The van der Waals surface area contributed by atoms with Crippen LogP contribution in [0.5, 0.6) is 0 Å². The molecule has 74 valence electrons. The fourth-order valence-electron chi connectivity index (χ4n) is 0.852. The van der Waals surface area contributed by atoms with E-state index in [0.29, 0.717) is 0 Å². The van der Waals surface area contributed by atoms with Crippen LogP contribution in [0.4, 0.5) is 0 Å². The van der Waals surface area contributed by atoms with Crippen molar-refractivity contribution in [2.45, 2.75) is 4.90 Å². The van der Waals surface area contributed by atoms with Crippen molar-refractivity contribution >= 4 is 23.9 Å². The van der Waals surface area contributed by atoms with E-state index in [-0.39, 0.29) is 5.96 Å². The number of nitrogens with two attached hydrogens (primary N) is 2. The minimum absolute atomic E-state index is 0.0398. The number of rotatable bonds is 3. The van der Waals surface area contributed by atoms with Crippen molar-refractivity contribution in [2.75, 3.05) is 6.26 Å².